The lowest BCUT2D eigenvalue weighted by Crippen LogP contribution is -1.97. The second kappa shape index (κ2) is 11.0. The van der Waals surface area contributed by atoms with Crippen LogP contribution in [0.2, 0.25) is 0 Å². The van der Waals surface area contributed by atoms with Crippen molar-refractivity contribution in [2.45, 2.75) is 54.6 Å². The van der Waals surface area contributed by atoms with Crippen molar-refractivity contribution < 1.29 is 9.68 Å². The van der Waals surface area contributed by atoms with E-state index in [0.717, 1.165) is 11.4 Å². The Kier molecular flexibility index (Phi) is 12.0. The second-order valence-electron chi connectivity index (χ2n) is 3.65. The van der Waals surface area contributed by atoms with E-state index in [1.54, 1.807) is 0 Å². The van der Waals surface area contributed by atoms with Gasteiger partial charge in [0.05, 0.1) is 11.4 Å². The Morgan fingerprint density at radius 3 is 1.60 bits per heavy atom. The zero-order valence-electron chi connectivity index (χ0n) is 11.0. The van der Waals surface area contributed by atoms with E-state index in [1.807, 2.05) is 48.5 Å². The lowest BCUT2D eigenvalue weighted by molar-refractivity contribution is 0.0857. The van der Waals surface area contributed by atoms with Gasteiger partial charge in [-0.2, -0.15) is 0 Å². The van der Waals surface area contributed by atoms with Crippen LogP contribution < -0.4 is 0 Å². The summed E-state index contributed by atoms with van der Waals surface area (Å²) >= 11 is 0. The zero-order valence-corrected chi connectivity index (χ0v) is 11.0. The summed E-state index contributed by atoms with van der Waals surface area (Å²) in [5.41, 5.74) is 1.92. The monoisotopic (exact) mass is 216 g/mol. The van der Waals surface area contributed by atoms with E-state index in [4.69, 9.17) is 4.84 Å². The van der Waals surface area contributed by atoms with E-state index in [1.165, 1.54) is 0 Å². The van der Waals surface area contributed by atoms with Crippen LogP contribution in [0.25, 0.3) is 0 Å². The smallest absolute Gasteiger partial charge is 0.122 e. The van der Waals surface area contributed by atoms with Crippen LogP contribution in [-0.2, 0) is 9.68 Å². The first kappa shape index (κ1) is 16.4. The number of hydrogen-bond acceptors (Lipinski definition) is 4. The van der Waals surface area contributed by atoms with E-state index < -0.39 is 0 Å². The van der Waals surface area contributed by atoms with Gasteiger partial charge in [-0.3, -0.25) is 0 Å². The number of oxime groups is 2. The summed E-state index contributed by atoms with van der Waals surface area (Å²) in [7, 11) is 0. The Morgan fingerprint density at radius 1 is 1.00 bits per heavy atom. The minimum absolute atomic E-state index is 0.199. The molecule has 0 N–H and O–H groups in total. The van der Waals surface area contributed by atoms with Gasteiger partial charge in [-0.25, -0.2) is 0 Å². The third-order valence-electron chi connectivity index (χ3n) is 0.822. The summed E-state index contributed by atoms with van der Waals surface area (Å²) in [4.78, 5) is 9.57. The molecule has 0 aliphatic heterocycles. The van der Waals surface area contributed by atoms with Crippen molar-refractivity contribution >= 4 is 11.4 Å². The fourth-order valence-electron chi connectivity index (χ4n) is 0.404. The van der Waals surface area contributed by atoms with Gasteiger partial charge in [0.2, 0.25) is 0 Å². The Balaban J connectivity index is 0. The van der Waals surface area contributed by atoms with Crippen molar-refractivity contribution in [1.82, 2.24) is 0 Å². The van der Waals surface area contributed by atoms with Gasteiger partial charge < -0.3 is 9.68 Å². The van der Waals surface area contributed by atoms with Crippen LogP contribution in [0.4, 0.5) is 0 Å². The molecule has 0 bridgehead atoms. The Morgan fingerprint density at radius 2 is 1.47 bits per heavy atom. The molecule has 0 amide bonds. The molecule has 0 radical (unpaired) electrons. The van der Waals surface area contributed by atoms with Crippen molar-refractivity contribution in [3.8, 4) is 0 Å². The molecule has 0 unspecified atom stereocenters. The average Bonchev–Trinajstić information content (AvgIpc) is 2.12. The van der Waals surface area contributed by atoms with Crippen LogP contribution in [0.3, 0.4) is 0 Å². The van der Waals surface area contributed by atoms with E-state index in [0.29, 0.717) is 6.61 Å². The first-order chi connectivity index (χ1) is 6.90. The van der Waals surface area contributed by atoms with Crippen molar-refractivity contribution in [2.24, 2.45) is 10.3 Å². The standard InChI is InChI=1S/C6H13NO.C5H11NO/c1-5(2)7-8-6(3)4;1-4-7-6-5(2)3/h6H,1-4H3;4H2,1-3H3. The van der Waals surface area contributed by atoms with Gasteiger partial charge in [0.25, 0.3) is 0 Å². The quantitative estimate of drug-likeness (QED) is 0.535. The summed E-state index contributed by atoms with van der Waals surface area (Å²) < 4.78 is 0. The van der Waals surface area contributed by atoms with E-state index in [2.05, 4.69) is 15.1 Å². The highest BCUT2D eigenvalue weighted by molar-refractivity contribution is 5.78. The number of nitrogens with zero attached hydrogens (tertiary/aromatic N) is 2. The van der Waals surface area contributed by atoms with E-state index >= 15 is 0 Å². The Bertz CT molecular complexity index is 191. The van der Waals surface area contributed by atoms with Gasteiger partial charge in [-0.1, -0.05) is 10.3 Å². The van der Waals surface area contributed by atoms with Gasteiger partial charge in [0, 0.05) is 0 Å². The summed E-state index contributed by atoms with van der Waals surface area (Å²) in [6, 6.07) is 0. The molecule has 0 saturated carbocycles. The molecule has 0 aromatic heterocycles. The van der Waals surface area contributed by atoms with Crippen molar-refractivity contribution in [1.29, 1.82) is 0 Å². The second-order valence-corrected chi connectivity index (χ2v) is 3.65. The maximum absolute atomic E-state index is 4.89. The first-order valence-corrected chi connectivity index (χ1v) is 5.20. The molecule has 0 spiro atoms. The molecule has 0 aromatic rings. The predicted molar refractivity (Wildman–Crippen MR) is 65.4 cm³/mol. The average molecular weight is 216 g/mol. The highest BCUT2D eigenvalue weighted by Crippen LogP contribution is 1.87. The molecule has 90 valence electrons. The molecule has 0 saturated heterocycles. The van der Waals surface area contributed by atoms with E-state index in [9.17, 15) is 0 Å². The first-order valence-electron chi connectivity index (χ1n) is 5.20. The molecule has 0 aliphatic rings. The van der Waals surface area contributed by atoms with Gasteiger partial charge in [-0.05, 0) is 48.5 Å². The maximum Gasteiger partial charge on any atom is 0.122 e. The molecule has 4 heteroatoms. The molecule has 0 rings (SSSR count). The third-order valence-corrected chi connectivity index (χ3v) is 0.822. The highest BCUT2D eigenvalue weighted by atomic mass is 16.6. The summed E-state index contributed by atoms with van der Waals surface area (Å²) in [5.74, 6) is 0. The largest absolute Gasteiger partial charge is 0.396 e. The molecule has 0 aliphatic carbocycles. The lowest BCUT2D eigenvalue weighted by atomic mass is 10.5. The molecule has 0 heterocycles. The lowest BCUT2D eigenvalue weighted by Gasteiger charge is -2.00. The van der Waals surface area contributed by atoms with Gasteiger partial charge >= 0.3 is 0 Å². The summed E-state index contributed by atoms with van der Waals surface area (Å²) in [6.07, 6.45) is 0.199. The van der Waals surface area contributed by atoms with Crippen LogP contribution in [0.1, 0.15) is 48.5 Å². The number of rotatable bonds is 4. The van der Waals surface area contributed by atoms with Crippen molar-refractivity contribution in [3.05, 3.63) is 0 Å². The molecule has 15 heavy (non-hydrogen) atoms. The zero-order chi connectivity index (χ0) is 12.3. The minimum atomic E-state index is 0.199. The molecule has 0 atom stereocenters. The normalized spacial score (nSPS) is 8.53. The van der Waals surface area contributed by atoms with Gasteiger partial charge in [0.15, 0.2) is 0 Å². The van der Waals surface area contributed by atoms with Crippen LogP contribution in [0.15, 0.2) is 10.3 Å². The van der Waals surface area contributed by atoms with Crippen LogP contribution in [0.5, 0.6) is 0 Å². The van der Waals surface area contributed by atoms with Crippen LogP contribution in [0, 0.1) is 0 Å². The maximum atomic E-state index is 4.89. The van der Waals surface area contributed by atoms with Gasteiger partial charge in [-0.15, -0.1) is 0 Å². The predicted octanol–water partition coefficient (Wildman–Crippen LogP) is 3.23. The third kappa shape index (κ3) is 24.6. The fraction of sp³-hybridized carbons (Fsp3) is 0.818. The highest BCUT2D eigenvalue weighted by Gasteiger charge is 1.86. The van der Waals surface area contributed by atoms with Crippen molar-refractivity contribution in [2.75, 3.05) is 6.61 Å². The Hall–Kier alpha value is -1.06. The van der Waals surface area contributed by atoms with E-state index in [-0.39, 0.29) is 6.10 Å². The SMILES string of the molecule is CC(C)=NOC(C)C.CCON=C(C)C. The molecular formula is C11H24N2O2. The molecule has 4 nitrogen and oxygen atoms in total. The molecule has 0 fully saturated rings. The molecular weight excluding hydrogens is 192 g/mol. The fourth-order valence-corrected chi connectivity index (χ4v) is 0.404. The topological polar surface area (TPSA) is 43.2 Å². The number of hydrogen-bond donors (Lipinski definition) is 0. The van der Waals surface area contributed by atoms with Crippen molar-refractivity contribution in [3.63, 3.8) is 0 Å². The molecule has 0 aromatic carbocycles. The Labute approximate surface area is 93.3 Å². The van der Waals surface area contributed by atoms with Gasteiger partial charge in [0.1, 0.15) is 12.7 Å². The minimum Gasteiger partial charge on any atom is -0.396 e. The van der Waals surface area contributed by atoms with Crippen LogP contribution >= 0.6 is 0 Å². The summed E-state index contributed by atoms with van der Waals surface area (Å²) in [6.45, 7) is 14.1. The van der Waals surface area contributed by atoms with Crippen LogP contribution in [-0.4, -0.2) is 24.1 Å². The summed E-state index contributed by atoms with van der Waals surface area (Å²) in [5, 5.41) is 7.40.